The highest BCUT2D eigenvalue weighted by Crippen LogP contribution is 2.46. The second-order valence-electron chi connectivity index (χ2n) is 7.92. The summed E-state index contributed by atoms with van der Waals surface area (Å²) in [7, 11) is 0. The highest BCUT2D eigenvalue weighted by atomic mass is 35.5. The van der Waals surface area contributed by atoms with Crippen molar-refractivity contribution in [1.29, 1.82) is 0 Å². The van der Waals surface area contributed by atoms with Crippen molar-refractivity contribution in [1.82, 2.24) is 14.4 Å². The summed E-state index contributed by atoms with van der Waals surface area (Å²) in [5, 5.41) is 0.746. The lowest BCUT2D eigenvalue weighted by Crippen LogP contribution is -2.47. The summed E-state index contributed by atoms with van der Waals surface area (Å²) in [6.45, 7) is 2.01. The Morgan fingerprint density at radius 1 is 1.11 bits per heavy atom. The molecule has 1 saturated heterocycles. The molecule has 1 saturated carbocycles. The van der Waals surface area contributed by atoms with E-state index >= 15 is 0 Å². The Hall–Kier alpha value is -1.76. The summed E-state index contributed by atoms with van der Waals surface area (Å²) >= 11 is 7.94. The Balaban J connectivity index is 1.41. The number of hydrogen-bond acceptors (Lipinski definition) is 5. The number of nitrogens with zero attached hydrogens (tertiary/aromatic N) is 4. The molecule has 2 fully saturated rings. The third kappa shape index (κ3) is 3.08. The predicted octanol–water partition coefficient (Wildman–Crippen LogP) is 4.63. The normalized spacial score (nSPS) is 21.6. The molecule has 146 valence electrons. The van der Waals surface area contributed by atoms with Crippen LogP contribution >= 0.6 is 23.4 Å². The van der Waals surface area contributed by atoms with Crippen LogP contribution in [0.3, 0.4) is 0 Å². The van der Waals surface area contributed by atoms with Crippen molar-refractivity contribution < 1.29 is 0 Å². The van der Waals surface area contributed by atoms with Gasteiger partial charge >= 0.3 is 0 Å². The number of rotatable bonds is 3. The fraction of sp³-hybridized carbons (Fsp3) is 0.429. The van der Waals surface area contributed by atoms with E-state index in [1.54, 1.807) is 11.8 Å². The van der Waals surface area contributed by atoms with Crippen LogP contribution in [-0.2, 0) is 0 Å². The van der Waals surface area contributed by atoms with E-state index in [9.17, 15) is 0 Å². The van der Waals surface area contributed by atoms with Crippen LogP contribution in [0.2, 0.25) is 5.02 Å². The summed E-state index contributed by atoms with van der Waals surface area (Å²) in [6.07, 6.45) is 11.8. The first-order valence-corrected chi connectivity index (χ1v) is 11.1. The molecule has 3 aromatic rings. The first-order chi connectivity index (χ1) is 13.7. The number of halogens is 1. The molecule has 3 heterocycles. The largest absolute Gasteiger partial charge is 0.342 e. The van der Waals surface area contributed by atoms with Gasteiger partial charge in [-0.1, -0.05) is 41.9 Å². The van der Waals surface area contributed by atoms with Crippen LogP contribution < -0.4 is 10.6 Å². The van der Waals surface area contributed by atoms with E-state index in [0.717, 1.165) is 52.3 Å². The molecular weight excluding hydrogens is 390 g/mol. The monoisotopic (exact) mass is 413 g/mol. The van der Waals surface area contributed by atoms with Crippen LogP contribution in [-0.4, -0.2) is 33.5 Å². The molecule has 1 atom stereocenters. The molecule has 2 N–H and O–H groups in total. The zero-order chi connectivity index (χ0) is 19.1. The number of aromatic nitrogens is 3. The summed E-state index contributed by atoms with van der Waals surface area (Å²) < 4.78 is 2.10. The molecule has 0 bridgehead atoms. The van der Waals surface area contributed by atoms with Crippen LogP contribution in [0.15, 0.2) is 52.6 Å². The standard InChI is InChI=1S/C21H24ClN5S/c22-15-4-1-2-5-16(15)28-17-14-25-20(27-13-10-24-19(17)27)26-11-8-21(9-12-26)7-3-6-18(21)23/h1-2,4-5,10,13-14,18H,3,6-9,11-12,23H2/t18-/m1/s1. The van der Waals surface area contributed by atoms with Gasteiger partial charge in [0.1, 0.15) is 0 Å². The molecule has 1 aromatic carbocycles. The Kier molecular flexibility index (Phi) is 4.73. The highest BCUT2D eigenvalue weighted by molar-refractivity contribution is 7.99. The quantitative estimate of drug-likeness (QED) is 0.678. The minimum Gasteiger partial charge on any atom is -0.342 e. The van der Waals surface area contributed by atoms with Crippen molar-refractivity contribution in [2.24, 2.45) is 11.1 Å². The second-order valence-corrected chi connectivity index (χ2v) is 9.41. The topological polar surface area (TPSA) is 59.5 Å². The van der Waals surface area contributed by atoms with E-state index in [1.165, 1.54) is 19.3 Å². The minimum absolute atomic E-state index is 0.352. The van der Waals surface area contributed by atoms with E-state index in [0.29, 0.717) is 11.5 Å². The second kappa shape index (κ2) is 7.25. The van der Waals surface area contributed by atoms with E-state index in [1.807, 2.05) is 42.9 Å². The molecule has 5 rings (SSSR count). The van der Waals surface area contributed by atoms with Crippen LogP contribution in [0, 0.1) is 5.41 Å². The fourth-order valence-corrected chi connectivity index (χ4v) is 5.92. The molecule has 0 amide bonds. The predicted molar refractivity (Wildman–Crippen MR) is 114 cm³/mol. The van der Waals surface area contributed by atoms with Crippen molar-refractivity contribution in [3.8, 4) is 0 Å². The number of piperidine rings is 1. The Labute approximate surface area is 174 Å². The molecule has 0 radical (unpaired) electrons. The SMILES string of the molecule is N[C@@H]1CCCC12CCN(c1ncc(Sc3ccccc3Cl)c3nccn13)CC2. The van der Waals surface area contributed by atoms with Gasteiger partial charge in [0.2, 0.25) is 5.95 Å². The summed E-state index contributed by atoms with van der Waals surface area (Å²) in [6, 6.07) is 8.24. The van der Waals surface area contributed by atoms with E-state index < -0.39 is 0 Å². The molecule has 5 nitrogen and oxygen atoms in total. The average molecular weight is 414 g/mol. The van der Waals surface area contributed by atoms with E-state index in [2.05, 4.69) is 14.3 Å². The van der Waals surface area contributed by atoms with E-state index in [4.69, 9.17) is 22.3 Å². The van der Waals surface area contributed by atoms with Gasteiger partial charge < -0.3 is 10.6 Å². The number of fused-ring (bicyclic) bond motifs is 1. The number of benzene rings is 1. The van der Waals surface area contributed by atoms with Crippen molar-refractivity contribution in [2.45, 2.75) is 47.9 Å². The molecule has 2 aromatic heterocycles. The Morgan fingerprint density at radius 2 is 1.93 bits per heavy atom. The number of nitrogens with two attached hydrogens (primary N) is 1. The van der Waals surface area contributed by atoms with Crippen molar-refractivity contribution >= 4 is 35.0 Å². The average Bonchev–Trinajstić information content (AvgIpc) is 3.33. The molecular formula is C21H24ClN5S. The molecule has 28 heavy (non-hydrogen) atoms. The molecule has 0 unspecified atom stereocenters. The molecule has 7 heteroatoms. The summed E-state index contributed by atoms with van der Waals surface area (Å²) in [5.41, 5.74) is 7.72. The van der Waals surface area contributed by atoms with Gasteiger partial charge in [-0.3, -0.25) is 4.40 Å². The van der Waals surface area contributed by atoms with Crippen molar-refractivity contribution in [3.05, 3.63) is 47.9 Å². The van der Waals surface area contributed by atoms with Gasteiger partial charge in [0, 0.05) is 42.6 Å². The molecule has 2 aliphatic rings. The lowest BCUT2D eigenvalue weighted by Gasteiger charge is -2.42. The van der Waals surface area contributed by atoms with Gasteiger partial charge in [0.15, 0.2) is 5.65 Å². The number of hydrogen-bond donors (Lipinski definition) is 1. The van der Waals surface area contributed by atoms with Crippen molar-refractivity contribution in [2.75, 3.05) is 18.0 Å². The Morgan fingerprint density at radius 3 is 2.68 bits per heavy atom. The van der Waals surface area contributed by atoms with Crippen LogP contribution in [0.5, 0.6) is 0 Å². The smallest absolute Gasteiger partial charge is 0.211 e. The van der Waals surface area contributed by atoms with E-state index in [-0.39, 0.29) is 0 Å². The zero-order valence-corrected chi connectivity index (χ0v) is 17.3. The first-order valence-electron chi connectivity index (χ1n) is 9.91. The van der Waals surface area contributed by atoms with Gasteiger partial charge in [-0.05, 0) is 43.2 Å². The lowest BCUT2D eigenvalue weighted by molar-refractivity contribution is 0.197. The maximum Gasteiger partial charge on any atom is 0.211 e. The first kappa shape index (κ1) is 18.3. The van der Waals surface area contributed by atoms with Gasteiger partial charge in [-0.2, -0.15) is 0 Å². The third-order valence-corrected chi connectivity index (χ3v) is 7.97. The molecule has 1 aliphatic heterocycles. The molecule has 1 spiro atoms. The Bertz CT molecular complexity index is 995. The van der Waals surface area contributed by atoms with Gasteiger partial charge in [-0.15, -0.1) is 0 Å². The van der Waals surface area contributed by atoms with Crippen molar-refractivity contribution in [3.63, 3.8) is 0 Å². The maximum absolute atomic E-state index is 6.45. The van der Waals surface area contributed by atoms with Crippen LogP contribution in [0.4, 0.5) is 5.95 Å². The summed E-state index contributed by atoms with van der Waals surface area (Å²) in [5.74, 6) is 0.970. The minimum atomic E-state index is 0.352. The van der Waals surface area contributed by atoms with Gasteiger partial charge in [0.25, 0.3) is 0 Å². The van der Waals surface area contributed by atoms with Gasteiger partial charge in [0.05, 0.1) is 9.92 Å². The van der Waals surface area contributed by atoms with Crippen LogP contribution in [0.25, 0.3) is 5.65 Å². The number of imidazole rings is 1. The zero-order valence-electron chi connectivity index (χ0n) is 15.7. The fourth-order valence-electron chi connectivity index (χ4n) is 4.77. The third-order valence-electron chi connectivity index (χ3n) is 6.45. The highest BCUT2D eigenvalue weighted by Gasteiger charge is 2.43. The molecule has 1 aliphatic carbocycles. The van der Waals surface area contributed by atoms with Gasteiger partial charge in [-0.25, -0.2) is 9.97 Å². The number of anilines is 1. The maximum atomic E-state index is 6.45. The lowest BCUT2D eigenvalue weighted by atomic mass is 9.74. The summed E-state index contributed by atoms with van der Waals surface area (Å²) in [4.78, 5) is 13.8. The van der Waals surface area contributed by atoms with Crippen LogP contribution in [0.1, 0.15) is 32.1 Å².